The minimum Gasteiger partial charge on any atom is -0.357 e. The minimum absolute atomic E-state index is 0.0337. The first-order valence-electron chi connectivity index (χ1n) is 4.70. The molecule has 0 aromatic rings. The van der Waals surface area contributed by atoms with Gasteiger partial charge < -0.3 is 10.2 Å². The summed E-state index contributed by atoms with van der Waals surface area (Å²) in [6.07, 6.45) is 0. The molecule has 82 valence electrons. The van der Waals surface area contributed by atoms with E-state index in [2.05, 4.69) is 5.32 Å². The van der Waals surface area contributed by atoms with E-state index in [4.69, 9.17) is 0 Å². The Labute approximate surface area is 85.7 Å². The molecule has 0 radical (unpaired) electrons. The first kappa shape index (κ1) is 12.9. The average Bonchev–Trinajstić information content (AvgIpc) is 2.11. The van der Waals surface area contributed by atoms with Gasteiger partial charge in [-0.1, -0.05) is 20.8 Å². The van der Waals surface area contributed by atoms with E-state index in [1.165, 1.54) is 4.90 Å². The van der Waals surface area contributed by atoms with Gasteiger partial charge in [0.25, 0.3) is 0 Å². The molecule has 1 atom stereocenters. The van der Waals surface area contributed by atoms with E-state index in [1.807, 2.05) is 20.8 Å². The maximum absolute atomic E-state index is 11.8. The topological polar surface area (TPSA) is 49.4 Å². The number of amides is 2. The highest BCUT2D eigenvalue weighted by Crippen LogP contribution is 2.17. The first-order chi connectivity index (χ1) is 6.21. The van der Waals surface area contributed by atoms with E-state index < -0.39 is 11.5 Å². The molecule has 0 aliphatic carbocycles. The first-order valence-corrected chi connectivity index (χ1v) is 4.70. The molecule has 0 aromatic heterocycles. The summed E-state index contributed by atoms with van der Waals surface area (Å²) in [5.41, 5.74) is -0.447. The van der Waals surface area contributed by atoms with Crippen LogP contribution in [0, 0.1) is 5.41 Å². The van der Waals surface area contributed by atoms with Crippen molar-refractivity contribution in [3.05, 3.63) is 0 Å². The van der Waals surface area contributed by atoms with Gasteiger partial charge in [-0.05, 0) is 6.92 Å². The van der Waals surface area contributed by atoms with Gasteiger partial charge in [0.2, 0.25) is 11.8 Å². The van der Waals surface area contributed by atoms with E-state index in [0.717, 1.165) is 0 Å². The Hall–Kier alpha value is -1.06. The van der Waals surface area contributed by atoms with Crippen LogP contribution in [-0.4, -0.2) is 36.9 Å². The zero-order chi connectivity index (χ0) is 11.5. The summed E-state index contributed by atoms with van der Waals surface area (Å²) in [5.74, 6) is -0.182. The van der Waals surface area contributed by atoms with Crippen molar-refractivity contribution in [2.24, 2.45) is 5.41 Å². The number of nitrogens with zero attached hydrogens (tertiary/aromatic N) is 1. The lowest BCUT2D eigenvalue weighted by Crippen LogP contribution is -2.48. The van der Waals surface area contributed by atoms with Gasteiger partial charge in [-0.2, -0.15) is 0 Å². The number of nitrogens with one attached hydrogen (secondary N) is 1. The fourth-order valence-electron chi connectivity index (χ4n) is 1.09. The third kappa shape index (κ3) is 3.01. The lowest BCUT2D eigenvalue weighted by atomic mass is 9.94. The SMILES string of the molecule is CNC(=O)[C@@H](C)N(C)C(=O)C(C)(C)C. The number of carbonyl (C=O) groups is 2. The minimum atomic E-state index is -0.447. The molecule has 0 unspecified atom stereocenters. The van der Waals surface area contributed by atoms with Crippen molar-refractivity contribution in [3.8, 4) is 0 Å². The molecule has 0 saturated heterocycles. The molecule has 0 aliphatic rings. The molecule has 14 heavy (non-hydrogen) atoms. The molecule has 0 heterocycles. The standard InChI is InChI=1S/C10H20N2O2/c1-7(8(13)11-5)12(6)9(14)10(2,3)4/h7H,1-6H3,(H,11,13)/t7-/m1/s1. The van der Waals surface area contributed by atoms with Gasteiger partial charge in [-0.15, -0.1) is 0 Å². The third-order valence-electron chi connectivity index (χ3n) is 2.17. The maximum atomic E-state index is 11.8. The second-order valence-electron chi connectivity index (χ2n) is 4.46. The van der Waals surface area contributed by atoms with Gasteiger partial charge in [0.15, 0.2) is 0 Å². The molecule has 4 nitrogen and oxygen atoms in total. The predicted molar refractivity (Wildman–Crippen MR) is 55.8 cm³/mol. The Morgan fingerprint density at radius 2 is 1.71 bits per heavy atom. The summed E-state index contributed by atoms with van der Waals surface area (Å²) in [7, 11) is 3.21. The summed E-state index contributed by atoms with van der Waals surface area (Å²) in [4.78, 5) is 24.5. The molecule has 0 spiro atoms. The second kappa shape index (κ2) is 4.44. The Balaban J connectivity index is 4.55. The zero-order valence-electron chi connectivity index (χ0n) is 9.84. The van der Waals surface area contributed by atoms with Crippen LogP contribution < -0.4 is 5.32 Å². The van der Waals surface area contributed by atoms with Crippen LogP contribution in [0.1, 0.15) is 27.7 Å². The lowest BCUT2D eigenvalue weighted by Gasteiger charge is -2.29. The molecule has 0 saturated carbocycles. The number of likely N-dealkylation sites (N-methyl/N-ethyl adjacent to an activating group) is 2. The van der Waals surface area contributed by atoms with Gasteiger partial charge >= 0.3 is 0 Å². The van der Waals surface area contributed by atoms with Crippen LogP contribution in [-0.2, 0) is 9.59 Å². The third-order valence-corrected chi connectivity index (χ3v) is 2.17. The molecule has 0 fully saturated rings. The fourth-order valence-corrected chi connectivity index (χ4v) is 1.09. The average molecular weight is 200 g/mol. The number of hydrogen-bond donors (Lipinski definition) is 1. The summed E-state index contributed by atoms with van der Waals surface area (Å²) in [5, 5.41) is 2.52. The highest BCUT2D eigenvalue weighted by molar-refractivity contribution is 5.89. The Morgan fingerprint density at radius 3 is 2.00 bits per heavy atom. The van der Waals surface area contributed by atoms with E-state index in [9.17, 15) is 9.59 Å². The number of hydrogen-bond acceptors (Lipinski definition) is 2. The van der Waals surface area contributed by atoms with Crippen molar-refractivity contribution < 1.29 is 9.59 Å². The molecule has 0 bridgehead atoms. The second-order valence-corrected chi connectivity index (χ2v) is 4.46. The molecule has 0 aliphatic heterocycles. The van der Waals surface area contributed by atoms with Crippen molar-refractivity contribution >= 4 is 11.8 Å². The zero-order valence-corrected chi connectivity index (χ0v) is 9.84. The number of carbonyl (C=O) groups excluding carboxylic acids is 2. The lowest BCUT2D eigenvalue weighted by molar-refractivity contribution is -0.144. The van der Waals surface area contributed by atoms with Crippen LogP contribution in [0.5, 0.6) is 0 Å². The molecular formula is C10H20N2O2. The van der Waals surface area contributed by atoms with Crippen molar-refractivity contribution in [2.75, 3.05) is 14.1 Å². The quantitative estimate of drug-likeness (QED) is 0.710. The smallest absolute Gasteiger partial charge is 0.242 e. The van der Waals surface area contributed by atoms with Crippen LogP contribution >= 0.6 is 0 Å². The van der Waals surface area contributed by atoms with Gasteiger partial charge in [0.1, 0.15) is 6.04 Å². The van der Waals surface area contributed by atoms with Gasteiger partial charge in [-0.3, -0.25) is 9.59 Å². The van der Waals surface area contributed by atoms with E-state index in [1.54, 1.807) is 21.0 Å². The van der Waals surface area contributed by atoms with Crippen LogP contribution in [0.4, 0.5) is 0 Å². The molecule has 1 N–H and O–H groups in total. The van der Waals surface area contributed by atoms with Gasteiger partial charge in [-0.25, -0.2) is 0 Å². The Kier molecular flexibility index (Phi) is 4.10. The molecule has 0 aromatic carbocycles. The normalized spacial score (nSPS) is 13.3. The molecule has 2 amide bonds. The summed E-state index contributed by atoms with van der Waals surface area (Å²) >= 11 is 0. The highest BCUT2D eigenvalue weighted by atomic mass is 16.2. The van der Waals surface area contributed by atoms with Crippen molar-refractivity contribution in [3.63, 3.8) is 0 Å². The van der Waals surface area contributed by atoms with Crippen molar-refractivity contribution in [1.29, 1.82) is 0 Å². The highest BCUT2D eigenvalue weighted by Gasteiger charge is 2.29. The van der Waals surface area contributed by atoms with Crippen LogP contribution in [0.2, 0.25) is 0 Å². The Bertz CT molecular complexity index is 231. The number of rotatable bonds is 2. The molecular weight excluding hydrogens is 180 g/mol. The van der Waals surface area contributed by atoms with E-state index >= 15 is 0 Å². The van der Waals surface area contributed by atoms with E-state index in [-0.39, 0.29) is 11.8 Å². The maximum Gasteiger partial charge on any atom is 0.242 e. The predicted octanol–water partition coefficient (Wildman–Crippen LogP) is 0.625. The summed E-state index contributed by atoms with van der Waals surface area (Å²) < 4.78 is 0. The van der Waals surface area contributed by atoms with Gasteiger partial charge in [0, 0.05) is 19.5 Å². The van der Waals surface area contributed by atoms with Crippen molar-refractivity contribution in [1.82, 2.24) is 10.2 Å². The monoisotopic (exact) mass is 200 g/mol. The van der Waals surface area contributed by atoms with Crippen LogP contribution in [0.25, 0.3) is 0 Å². The van der Waals surface area contributed by atoms with Crippen LogP contribution in [0.3, 0.4) is 0 Å². The fraction of sp³-hybridized carbons (Fsp3) is 0.800. The largest absolute Gasteiger partial charge is 0.357 e. The molecule has 4 heteroatoms. The van der Waals surface area contributed by atoms with Crippen molar-refractivity contribution in [2.45, 2.75) is 33.7 Å². The van der Waals surface area contributed by atoms with E-state index in [0.29, 0.717) is 0 Å². The van der Waals surface area contributed by atoms with Gasteiger partial charge in [0.05, 0.1) is 0 Å². The molecule has 0 rings (SSSR count). The summed E-state index contributed by atoms with van der Waals surface area (Å²) in [6, 6.07) is -0.424. The Morgan fingerprint density at radius 1 is 1.29 bits per heavy atom. The summed E-state index contributed by atoms with van der Waals surface area (Å²) in [6.45, 7) is 7.22. The van der Waals surface area contributed by atoms with Crippen LogP contribution in [0.15, 0.2) is 0 Å².